The van der Waals surface area contributed by atoms with Gasteiger partial charge in [-0.15, -0.1) is 0 Å². The van der Waals surface area contributed by atoms with E-state index in [1.165, 1.54) is 0 Å². The molecular formula is C28H36N2O6. The average Bonchev–Trinajstić information content (AvgIpc) is 2.89. The van der Waals surface area contributed by atoms with Crippen LogP contribution in [-0.2, 0) is 11.4 Å². The van der Waals surface area contributed by atoms with E-state index in [1.54, 1.807) is 12.0 Å². The maximum atomic E-state index is 13.9. The van der Waals surface area contributed by atoms with Crippen LogP contribution in [0.25, 0.3) is 0 Å². The van der Waals surface area contributed by atoms with Crippen LogP contribution < -0.4 is 14.8 Å². The van der Waals surface area contributed by atoms with Gasteiger partial charge in [0.25, 0.3) is 0 Å². The molecule has 2 aliphatic rings. The second-order valence-electron chi connectivity index (χ2n) is 9.83. The summed E-state index contributed by atoms with van der Waals surface area (Å²) >= 11 is 0. The monoisotopic (exact) mass is 496 g/mol. The summed E-state index contributed by atoms with van der Waals surface area (Å²) in [5, 5.41) is 23.3. The minimum atomic E-state index is -1.14. The van der Waals surface area contributed by atoms with E-state index in [0.717, 1.165) is 24.8 Å². The van der Waals surface area contributed by atoms with Crippen molar-refractivity contribution in [2.75, 3.05) is 20.2 Å². The molecule has 0 spiro atoms. The minimum Gasteiger partial charge on any atom is -0.493 e. The summed E-state index contributed by atoms with van der Waals surface area (Å²) in [5.74, 6) is 0.254. The predicted molar refractivity (Wildman–Crippen MR) is 135 cm³/mol. The molecule has 3 N–H and O–H groups in total. The Kier molecular flexibility index (Phi) is 8.36. The standard InChI is InChI=1S/C28H36N2O6/c1-35-24-18-21(10-11-23(24)36-19-20-8-4-2-5-9-20)25(28(34)14-6-3-7-15-28)26(31)30-16-12-22(13-17-30)29-27(32)33/h2,4-5,8-11,18,22,25,29,34H,3,6-7,12-17,19H2,1H3,(H,32,33). The van der Waals surface area contributed by atoms with E-state index in [-0.39, 0.29) is 11.9 Å². The summed E-state index contributed by atoms with van der Waals surface area (Å²) in [7, 11) is 1.57. The molecule has 0 aromatic heterocycles. The molecule has 1 aliphatic heterocycles. The van der Waals surface area contributed by atoms with Crippen molar-refractivity contribution in [1.29, 1.82) is 0 Å². The van der Waals surface area contributed by atoms with Gasteiger partial charge in [0.05, 0.1) is 18.6 Å². The Morgan fingerprint density at radius 1 is 1.06 bits per heavy atom. The second kappa shape index (κ2) is 11.6. The molecule has 36 heavy (non-hydrogen) atoms. The Labute approximate surface area is 212 Å². The first-order valence-corrected chi connectivity index (χ1v) is 12.7. The number of nitrogens with zero attached hydrogens (tertiary/aromatic N) is 1. The topological polar surface area (TPSA) is 108 Å². The molecule has 194 valence electrons. The summed E-state index contributed by atoms with van der Waals surface area (Å²) in [4.78, 5) is 26.6. The predicted octanol–water partition coefficient (Wildman–Crippen LogP) is 4.31. The third-order valence-electron chi connectivity index (χ3n) is 7.40. The first-order valence-electron chi connectivity index (χ1n) is 12.7. The summed E-state index contributed by atoms with van der Waals surface area (Å²) in [5.41, 5.74) is 0.608. The smallest absolute Gasteiger partial charge is 0.404 e. The Hall–Kier alpha value is -3.26. The van der Waals surface area contributed by atoms with Gasteiger partial charge in [-0.3, -0.25) is 4.79 Å². The number of likely N-dealkylation sites (tertiary alicyclic amines) is 1. The van der Waals surface area contributed by atoms with Crippen molar-refractivity contribution in [3.63, 3.8) is 0 Å². The zero-order valence-electron chi connectivity index (χ0n) is 20.8. The van der Waals surface area contributed by atoms with Crippen molar-refractivity contribution in [3.05, 3.63) is 59.7 Å². The number of aliphatic hydroxyl groups is 1. The lowest BCUT2D eigenvalue weighted by Gasteiger charge is -2.42. The van der Waals surface area contributed by atoms with E-state index >= 15 is 0 Å². The van der Waals surface area contributed by atoms with E-state index in [2.05, 4.69) is 5.32 Å². The molecule has 4 rings (SSSR count). The number of benzene rings is 2. The van der Waals surface area contributed by atoms with E-state index in [9.17, 15) is 14.7 Å². The van der Waals surface area contributed by atoms with Crippen LogP contribution in [0.2, 0.25) is 0 Å². The number of hydrogen-bond acceptors (Lipinski definition) is 5. The van der Waals surface area contributed by atoms with Crippen LogP contribution in [0.5, 0.6) is 11.5 Å². The Bertz CT molecular complexity index is 1030. The van der Waals surface area contributed by atoms with Gasteiger partial charge in [-0.1, -0.05) is 55.7 Å². The third kappa shape index (κ3) is 6.10. The molecule has 0 radical (unpaired) electrons. The summed E-state index contributed by atoms with van der Waals surface area (Å²) < 4.78 is 11.6. The lowest BCUT2D eigenvalue weighted by molar-refractivity contribution is -0.142. The number of rotatable bonds is 8. The molecule has 1 aliphatic carbocycles. The molecule has 1 heterocycles. The lowest BCUT2D eigenvalue weighted by Crippen LogP contribution is -2.52. The first-order chi connectivity index (χ1) is 17.4. The molecule has 0 bridgehead atoms. The second-order valence-corrected chi connectivity index (χ2v) is 9.83. The van der Waals surface area contributed by atoms with Crippen LogP contribution in [-0.4, -0.2) is 59.0 Å². The highest BCUT2D eigenvalue weighted by atomic mass is 16.5. The molecule has 2 amide bonds. The number of methoxy groups -OCH3 is 1. The summed E-state index contributed by atoms with van der Waals surface area (Å²) in [6, 6.07) is 15.2. The van der Waals surface area contributed by atoms with Gasteiger partial charge in [0.15, 0.2) is 11.5 Å². The molecule has 2 fully saturated rings. The third-order valence-corrected chi connectivity index (χ3v) is 7.40. The zero-order valence-corrected chi connectivity index (χ0v) is 20.8. The van der Waals surface area contributed by atoms with Crippen molar-refractivity contribution in [2.24, 2.45) is 0 Å². The van der Waals surface area contributed by atoms with E-state index in [4.69, 9.17) is 14.6 Å². The SMILES string of the molecule is COc1cc(C(C(=O)N2CCC(NC(=O)O)CC2)C2(O)CCCCC2)ccc1OCc1ccccc1. The van der Waals surface area contributed by atoms with E-state index < -0.39 is 17.6 Å². The molecule has 1 atom stereocenters. The number of ether oxygens (including phenoxy) is 2. The number of carboxylic acid groups (broad SMARTS) is 1. The number of amides is 2. The molecule has 1 unspecified atom stereocenters. The molecule has 1 saturated carbocycles. The minimum absolute atomic E-state index is 0.117. The first kappa shape index (κ1) is 25.8. The van der Waals surface area contributed by atoms with E-state index in [1.807, 2.05) is 48.5 Å². The fraction of sp³-hybridized carbons (Fsp3) is 0.500. The molecule has 1 saturated heterocycles. The summed E-state index contributed by atoms with van der Waals surface area (Å²) in [6.07, 6.45) is 3.99. The van der Waals surface area contributed by atoms with Gasteiger partial charge in [0, 0.05) is 19.1 Å². The van der Waals surface area contributed by atoms with Gasteiger partial charge in [-0.2, -0.15) is 0 Å². The van der Waals surface area contributed by atoms with Crippen molar-refractivity contribution < 1.29 is 29.3 Å². The number of nitrogens with one attached hydrogen (secondary N) is 1. The van der Waals surface area contributed by atoms with Crippen molar-refractivity contribution in [1.82, 2.24) is 10.2 Å². The van der Waals surface area contributed by atoms with Crippen LogP contribution in [0.3, 0.4) is 0 Å². The van der Waals surface area contributed by atoms with Gasteiger partial charge in [-0.25, -0.2) is 4.79 Å². The highest BCUT2D eigenvalue weighted by molar-refractivity contribution is 5.85. The highest BCUT2D eigenvalue weighted by Gasteiger charge is 2.45. The van der Waals surface area contributed by atoms with Crippen LogP contribution in [0, 0.1) is 0 Å². The Morgan fingerprint density at radius 3 is 2.39 bits per heavy atom. The Balaban J connectivity index is 1.56. The van der Waals surface area contributed by atoms with Gasteiger partial charge in [0.1, 0.15) is 6.61 Å². The van der Waals surface area contributed by atoms with Crippen LogP contribution >= 0.6 is 0 Å². The summed E-state index contributed by atoms with van der Waals surface area (Å²) in [6.45, 7) is 1.29. The van der Waals surface area contributed by atoms with Crippen molar-refractivity contribution in [3.8, 4) is 11.5 Å². The molecule has 2 aromatic carbocycles. The van der Waals surface area contributed by atoms with Gasteiger partial charge in [0.2, 0.25) is 5.91 Å². The van der Waals surface area contributed by atoms with Gasteiger partial charge >= 0.3 is 6.09 Å². The van der Waals surface area contributed by atoms with Crippen molar-refractivity contribution in [2.45, 2.75) is 69.1 Å². The van der Waals surface area contributed by atoms with Gasteiger partial charge in [-0.05, 0) is 48.9 Å². The largest absolute Gasteiger partial charge is 0.493 e. The van der Waals surface area contributed by atoms with Crippen LogP contribution in [0.1, 0.15) is 62.0 Å². The average molecular weight is 497 g/mol. The molecule has 8 heteroatoms. The van der Waals surface area contributed by atoms with Crippen LogP contribution in [0.15, 0.2) is 48.5 Å². The van der Waals surface area contributed by atoms with Gasteiger partial charge < -0.3 is 29.9 Å². The normalized spacial score (nSPS) is 18.8. The van der Waals surface area contributed by atoms with E-state index in [0.29, 0.717) is 62.4 Å². The lowest BCUT2D eigenvalue weighted by atomic mass is 9.72. The number of carbonyl (C=O) groups excluding carboxylic acids is 1. The molecule has 2 aromatic rings. The Morgan fingerprint density at radius 2 is 1.75 bits per heavy atom. The zero-order chi connectivity index (χ0) is 25.5. The fourth-order valence-corrected chi connectivity index (χ4v) is 5.46. The fourth-order valence-electron chi connectivity index (χ4n) is 5.46. The number of piperidine rings is 1. The van der Waals surface area contributed by atoms with Crippen molar-refractivity contribution >= 4 is 12.0 Å². The number of hydrogen-bond donors (Lipinski definition) is 3. The van der Waals surface area contributed by atoms with Crippen LogP contribution in [0.4, 0.5) is 4.79 Å². The number of carbonyl (C=O) groups is 2. The quantitative estimate of drug-likeness (QED) is 0.503. The maximum Gasteiger partial charge on any atom is 0.404 e. The maximum absolute atomic E-state index is 13.9. The molecule has 8 nitrogen and oxygen atoms in total. The highest BCUT2D eigenvalue weighted by Crippen LogP contribution is 2.43. The molecular weight excluding hydrogens is 460 g/mol.